The van der Waals surface area contributed by atoms with Gasteiger partial charge in [0, 0.05) is 34.3 Å². The number of hydrogen-bond donors (Lipinski definition) is 2. The summed E-state index contributed by atoms with van der Waals surface area (Å²) < 4.78 is 0. The fourth-order valence-electron chi connectivity index (χ4n) is 3.47. The zero-order chi connectivity index (χ0) is 16.5. The molecule has 3 heteroatoms. The Hall–Kier alpha value is -2.55. The number of aromatic nitrogens is 1. The van der Waals surface area contributed by atoms with E-state index in [4.69, 9.17) is 0 Å². The van der Waals surface area contributed by atoms with Crippen LogP contribution in [-0.4, -0.2) is 16.9 Å². The van der Waals surface area contributed by atoms with Gasteiger partial charge in [0.15, 0.2) is 0 Å². The number of benzene rings is 2. The Morgan fingerprint density at radius 1 is 1.17 bits per heavy atom. The molecule has 0 saturated heterocycles. The Kier molecular flexibility index (Phi) is 3.85. The second kappa shape index (κ2) is 6.16. The Balaban J connectivity index is 1.63. The van der Waals surface area contributed by atoms with Gasteiger partial charge < -0.3 is 10.3 Å². The molecule has 3 nitrogen and oxygen atoms in total. The molecular formula is C21H22N2O. The third kappa shape index (κ3) is 2.71. The van der Waals surface area contributed by atoms with Crippen molar-refractivity contribution in [2.45, 2.75) is 32.2 Å². The first-order chi connectivity index (χ1) is 11.7. The van der Waals surface area contributed by atoms with Crippen LogP contribution in [0.4, 0.5) is 0 Å². The van der Waals surface area contributed by atoms with Gasteiger partial charge >= 0.3 is 0 Å². The zero-order valence-corrected chi connectivity index (χ0v) is 13.9. The summed E-state index contributed by atoms with van der Waals surface area (Å²) in [5.74, 6) is 0.668. The number of rotatable bonds is 4. The molecule has 2 N–H and O–H groups in total. The molecule has 122 valence electrons. The first-order valence-electron chi connectivity index (χ1n) is 8.70. The maximum atomic E-state index is 12.6. The van der Waals surface area contributed by atoms with Gasteiger partial charge in [0.1, 0.15) is 0 Å². The maximum absolute atomic E-state index is 12.6. The SMILES string of the molecule is CC(NC(=O)c1ccc2[nH]cc(-c3ccccc3)c2c1)C1CCC1. The number of aromatic amines is 1. The highest BCUT2D eigenvalue weighted by atomic mass is 16.1. The van der Waals surface area contributed by atoms with Crippen LogP contribution < -0.4 is 5.32 Å². The highest BCUT2D eigenvalue weighted by Crippen LogP contribution is 2.31. The molecule has 1 aliphatic rings. The number of nitrogens with one attached hydrogen (secondary N) is 2. The summed E-state index contributed by atoms with van der Waals surface area (Å²) in [4.78, 5) is 15.9. The summed E-state index contributed by atoms with van der Waals surface area (Å²) in [7, 11) is 0. The summed E-state index contributed by atoms with van der Waals surface area (Å²) in [6.45, 7) is 2.12. The molecular weight excluding hydrogens is 296 g/mol. The van der Waals surface area contributed by atoms with Gasteiger partial charge in [0.2, 0.25) is 0 Å². The van der Waals surface area contributed by atoms with Crippen LogP contribution in [-0.2, 0) is 0 Å². The van der Waals surface area contributed by atoms with Crippen molar-refractivity contribution in [2.75, 3.05) is 0 Å². The first kappa shape index (κ1) is 15.0. The van der Waals surface area contributed by atoms with Crippen molar-refractivity contribution < 1.29 is 4.79 Å². The van der Waals surface area contributed by atoms with E-state index in [0.717, 1.165) is 27.6 Å². The number of hydrogen-bond acceptors (Lipinski definition) is 1. The zero-order valence-electron chi connectivity index (χ0n) is 13.9. The highest BCUT2D eigenvalue weighted by molar-refractivity contribution is 6.02. The number of H-pyrrole nitrogens is 1. The Bertz CT molecular complexity index is 862. The van der Waals surface area contributed by atoms with Gasteiger partial charge in [-0.15, -0.1) is 0 Å². The smallest absolute Gasteiger partial charge is 0.251 e. The summed E-state index contributed by atoms with van der Waals surface area (Å²) in [5.41, 5.74) is 4.07. The summed E-state index contributed by atoms with van der Waals surface area (Å²) in [5, 5.41) is 4.25. The van der Waals surface area contributed by atoms with Crippen molar-refractivity contribution >= 4 is 16.8 Å². The lowest BCUT2D eigenvalue weighted by Crippen LogP contribution is -2.40. The van der Waals surface area contributed by atoms with Crippen molar-refractivity contribution in [1.82, 2.24) is 10.3 Å². The minimum absolute atomic E-state index is 0.0245. The molecule has 1 aliphatic carbocycles. The van der Waals surface area contributed by atoms with Crippen molar-refractivity contribution in [3.05, 3.63) is 60.3 Å². The van der Waals surface area contributed by atoms with Crippen molar-refractivity contribution in [2.24, 2.45) is 5.92 Å². The van der Waals surface area contributed by atoms with Crippen molar-refractivity contribution in [3.8, 4) is 11.1 Å². The van der Waals surface area contributed by atoms with E-state index in [2.05, 4.69) is 29.4 Å². The van der Waals surface area contributed by atoms with E-state index >= 15 is 0 Å². The van der Waals surface area contributed by atoms with Gasteiger partial charge in [0.25, 0.3) is 5.91 Å². The fourth-order valence-corrected chi connectivity index (χ4v) is 3.47. The van der Waals surface area contributed by atoms with Crippen LogP contribution in [0.3, 0.4) is 0 Å². The van der Waals surface area contributed by atoms with E-state index in [0.29, 0.717) is 5.92 Å². The average Bonchev–Trinajstić information content (AvgIpc) is 2.97. The third-order valence-corrected chi connectivity index (χ3v) is 5.24. The van der Waals surface area contributed by atoms with E-state index in [1.54, 1.807) is 0 Å². The number of carbonyl (C=O) groups is 1. The molecule has 0 bridgehead atoms. The van der Waals surface area contributed by atoms with E-state index in [1.165, 1.54) is 19.3 Å². The second-order valence-corrected chi connectivity index (χ2v) is 6.78. The predicted octanol–water partition coefficient (Wildman–Crippen LogP) is 4.75. The van der Waals surface area contributed by atoms with Gasteiger partial charge in [-0.2, -0.15) is 0 Å². The molecule has 1 atom stereocenters. The Labute approximate surface area is 142 Å². The van der Waals surface area contributed by atoms with Crippen LogP contribution in [0.25, 0.3) is 22.0 Å². The van der Waals surface area contributed by atoms with Crippen LogP contribution in [0, 0.1) is 5.92 Å². The molecule has 1 unspecified atom stereocenters. The number of amides is 1. The van der Waals surface area contributed by atoms with Gasteiger partial charge in [-0.3, -0.25) is 4.79 Å². The largest absolute Gasteiger partial charge is 0.361 e. The molecule has 1 heterocycles. The molecule has 1 amide bonds. The molecule has 0 spiro atoms. The van der Waals surface area contributed by atoms with Crippen LogP contribution in [0.5, 0.6) is 0 Å². The Morgan fingerprint density at radius 2 is 1.96 bits per heavy atom. The van der Waals surface area contributed by atoms with Gasteiger partial charge in [-0.25, -0.2) is 0 Å². The van der Waals surface area contributed by atoms with Crippen molar-refractivity contribution in [3.63, 3.8) is 0 Å². The van der Waals surface area contributed by atoms with Crippen LogP contribution in [0.15, 0.2) is 54.7 Å². The third-order valence-electron chi connectivity index (χ3n) is 5.24. The van der Waals surface area contributed by atoms with Crippen LogP contribution in [0.1, 0.15) is 36.5 Å². The highest BCUT2D eigenvalue weighted by Gasteiger charge is 2.25. The molecule has 3 aromatic rings. The molecule has 1 fully saturated rings. The molecule has 1 aromatic heterocycles. The molecule has 4 rings (SSSR count). The predicted molar refractivity (Wildman–Crippen MR) is 98.0 cm³/mol. The van der Waals surface area contributed by atoms with Gasteiger partial charge in [-0.1, -0.05) is 36.8 Å². The normalized spacial score (nSPS) is 15.9. The second-order valence-electron chi connectivity index (χ2n) is 6.78. The van der Waals surface area contributed by atoms with E-state index < -0.39 is 0 Å². The monoisotopic (exact) mass is 318 g/mol. The van der Waals surface area contributed by atoms with Gasteiger partial charge in [-0.05, 0) is 49.4 Å². The number of fused-ring (bicyclic) bond motifs is 1. The first-order valence-corrected chi connectivity index (χ1v) is 8.70. The molecule has 0 aliphatic heterocycles. The standard InChI is InChI=1S/C21H22N2O/c1-14(15-8-5-9-15)23-21(24)17-10-11-20-18(12-17)19(13-22-20)16-6-3-2-4-7-16/h2-4,6-7,10-15,22H,5,8-9H2,1H3,(H,23,24). The molecule has 24 heavy (non-hydrogen) atoms. The fraction of sp³-hybridized carbons (Fsp3) is 0.286. The van der Waals surface area contributed by atoms with E-state index in [-0.39, 0.29) is 11.9 Å². The van der Waals surface area contributed by atoms with Crippen LogP contribution in [0.2, 0.25) is 0 Å². The summed E-state index contributed by atoms with van der Waals surface area (Å²) >= 11 is 0. The number of carbonyl (C=O) groups excluding carboxylic acids is 1. The van der Waals surface area contributed by atoms with Crippen molar-refractivity contribution in [1.29, 1.82) is 0 Å². The van der Waals surface area contributed by atoms with Crippen LogP contribution >= 0.6 is 0 Å². The summed E-state index contributed by atoms with van der Waals surface area (Å²) in [6, 6.07) is 16.4. The topological polar surface area (TPSA) is 44.9 Å². The quantitative estimate of drug-likeness (QED) is 0.716. The summed E-state index contributed by atoms with van der Waals surface area (Å²) in [6.07, 6.45) is 5.77. The lowest BCUT2D eigenvalue weighted by Gasteiger charge is -2.31. The minimum atomic E-state index is 0.0245. The van der Waals surface area contributed by atoms with E-state index in [9.17, 15) is 4.79 Å². The maximum Gasteiger partial charge on any atom is 0.251 e. The average molecular weight is 318 g/mol. The molecule has 0 radical (unpaired) electrons. The van der Waals surface area contributed by atoms with Gasteiger partial charge in [0.05, 0.1) is 0 Å². The molecule has 1 saturated carbocycles. The Morgan fingerprint density at radius 3 is 2.67 bits per heavy atom. The molecule has 2 aromatic carbocycles. The minimum Gasteiger partial charge on any atom is -0.361 e. The lowest BCUT2D eigenvalue weighted by atomic mass is 9.80. The lowest BCUT2D eigenvalue weighted by molar-refractivity contribution is 0.0909. The van der Waals surface area contributed by atoms with E-state index in [1.807, 2.05) is 42.6 Å².